The largest absolute Gasteiger partial charge is 0.494 e. The molecule has 4 heteroatoms. The van der Waals surface area contributed by atoms with Crippen molar-refractivity contribution in [1.29, 1.82) is 0 Å². The molecule has 0 radical (unpaired) electrons. The zero-order chi connectivity index (χ0) is 15.1. The van der Waals surface area contributed by atoms with Crippen LogP contribution in [0.1, 0.15) is 37.6 Å². The highest BCUT2D eigenvalue weighted by Crippen LogP contribution is 2.23. The lowest BCUT2D eigenvalue weighted by molar-refractivity contribution is 0.340. The van der Waals surface area contributed by atoms with E-state index in [1.54, 1.807) is 6.20 Å². The second-order valence-corrected chi connectivity index (χ2v) is 5.23. The summed E-state index contributed by atoms with van der Waals surface area (Å²) in [5.41, 5.74) is 2.14. The van der Waals surface area contributed by atoms with Gasteiger partial charge < -0.3 is 10.1 Å². The van der Waals surface area contributed by atoms with Crippen molar-refractivity contribution in [3.8, 4) is 5.75 Å². The molecule has 0 saturated carbocycles. The van der Waals surface area contributed by atoms with Crippen LogP contribution >= 0.6 is 11.6 Å². The van der Waals surface area contributed by atoms with Crippen molar-refractivity contribution < 1.29 is 4.74 Å². The van der Waals surface area contributed by atoms with E-state index < -0.39 is 0 Å². The van der Waals surface area contributed by atoms with Crippen molar-refractivity contribution in [2.24, 2.45) is 0 Å². The zero-order valence-corrected chi connectivity index (χ0v) is 13.2. The highest BCUT2D eigenvalue weighted by atomic mass is 35.5. The van der Waals surface area contributed by atoms with E-state index in [4.69, 9.17) is 16.3 Å². The molecule has 0 aliphatic rings. The minimum atomic E-state index is 0.0675. The molecule has 1 aromatic heterocycles. The highest BCUT2D eigenvalue weighted by molar-refractivity contribution is 6.30. The number of rotatable bonds is 7. The molecule has 2 aromatic rings. The zero-order valence-electron chi connectivity index (χ0n) is 12.5. The Kier molecular flexibility index (Phi) is 6.03. The normalized spacial score (nSPS) is 12.1. The average molecular weight is 305 g/mol. The summed E-state index contributed by atoms with van der Waals surface area (Å²) in [4.78, 5) is 4.44. The molecular weight excluding hydrogens is 284 g/mol. The minimum absolute atomic E-state index is 0.0675. The lowest BCUT2D eigenvalue weighted by Gasteiger charge is -2.19. The topological polar surface area (TPSA) is 34.1 Å². The van der Waals surface area contributed by atoms with Crippen LogP contribution in [0.2, 0.25) is 5.02 Å². The lowest BCUT2D eigenvalue weighted by Crippen LogP contribution is -2.24. The Morgan fingerprint density at radius 2 is 1.90 bits per heavy atom. The van der Waals surface area contributed by atoms with Crippen molar-refractivity contribution >= 4 is 11.6 Å². The number of pyridine rings is 1. The van der Waals surface area contributed by atoms with Crippen LogP contribution in [0.3, 0.4) is 0 Å². The molecule has 1 unspecified atom stereocenters. The molecule has 0 fully saturated rings. The van der Waals surface area contributed by atoms with Gasteiger partial charge in [0.05, 0.1) is 23.4 Å². The number of halogens is 1. The molecule has 0 aliphatic carbocycles. The van der Waals surface area contributed by atoms with E-state index in [0.29, 0.717) is 11.6 Å². The Hall–Kier alpha value is -1.58. The van der Waals surface area contributed by atoms with Gasteiger partial charge >= 0.3 is 0 Å². The van der Waals surface area contributed by atoms with Crippen LogP contribution in [0.25, 0.3) is 0 Å². The summed E-state index contributed by atoms with van der Waals surface area (Å²) in [5, 5.41) is 4.18. The van der Waals surface area contributed by atoms with Crippen LogP contribution < -0.4 is 10.1 Å². The van der Waals surface area contributed by atoms with Crippen LogP contribution in [-0.2, 0) is 0 Å². The molecule has 3 nitrogen and oxygen atoms in total. The quantitative estimate of drug-likeness (QED) is 0.831. The van der Waals surface area contributed by atoms with Gasteiger partial charge in [-0.05, 0) is 49.7 Å². The smallest absolute Gasteiger partial charge is 0.119 e. The van der Waals surface area contributed by atoms with Gasteiger partial charge in [-0.25, -0.2) is 0 Å². The van der Waals surface area contributed by atoms with E-state index >= 15 is 0 Å². The number of aromatic nitrogens is 1. The molecule has 1 atom stereocenters. The van der Waals surface area contributed by atoms with Gasteiger partial charge in [-0.3, -0.25) is 4.98 Å². The first-order chi connectivity index (χ1) is 10.2. The predicted octanol–water partition coefficient (Wildman–Crippen LogP) is 4.22. The summed E-state index contributed by atoms with van der Waals surface area (Å²) < 4.78 is 5.49. The van der Waals surface area contributed by atoms with Gasteiger partial charge in [0.25, 0.3) is 0 Å². The third kappa shape index (κ3) is 4.45. The Morgan fingerprint density at radius 3 is 2.48 bits per heavy atom. The minimum Gasteiger partial charge on any atom is -0.494 e. The van der Waals surface area contributed by atoms with E-state index in [1.807, 2.05) is 31.2 Å². The second-order valence-electron chi connectivity index (χ2n) is 4.79. The molecule has 0 bridgehead atoms. The molecule has 0 spiro atoms. The van der Waals surface area contributed by atoms with Crippen LogP contribution in [0.4, 0.5) is 0 Å². The lowest BCUT2D eigenvalue weighted by atomic mass is 10.0. The molecule has 1 N–H and O–H groups in total. The maximum atomic E-state index is 5.92. The van der Waals surface area contributed by atoms with Crippen molar-refractivity contribution in [2.45, 2.75) is 26.3 Å². The van der Waals surface area contributed by atoms with Gasteiger partial charge in [0.1, 0.15) is 5.75 Å². The summed E-state index contributed by atoms with van der Waals surface area (Å²) in [6, 6.07) is 12.1. The molecule has 1 aromatic carbocycles. The van der Waals surface area contributed by atoms with Crippen LogP contribution in [0, 0.1) is 0 Å². The summed E-state index contributed by atoms with van der Waals surface area (Å²) in [6.45, 7) is 5.74. The molecule has 0 aliphatic heterocycles. The van der Waals surface area contributed by atoms with Gasteiger partial charge in [0, 0.05) is 6.20 Å². The second kappa shape index (κ2) is 8.01. The van der Waals surface area contributed by atoms with Crippen LogP contribution in [-0.4, -0.2) is 18.1 Å². The van der Waals surface area contributed by atoms with Crippen molar-refractivity contribution in [3.63, 3.8) is 0 Å². The summed E-state index contributed by atoms with van der Waals surface area (Å²) in [7, 11) is 0. The number of benzene rings is 1. The Balaban J connectivity index is 2.24. The first-order valence-electron chi connectivity index (χ1n) is 7.32. The summed E-state index contributed by atoms with van der Waals surface area (Å²) in [5.74, 6) is 0.888. The third-order valence-corrected chi connectivity index (χ3v) is 3.39. The van der Waals surface area contributed by atoms with Gasteiger partial charge in [-0.15, -0.1) is 0 Å². The van der Waals surface area contributed by atoms with Gasteiger partial charge in [0.15, 0.2) is 0 Å². The Bertz CT molecular complexity index is 540. The standard InChI is InChI=1S/C17H21ClN2O/c1-3-11-19-17(16-10-7-14(18)12-20-16)13-5-8-15(9-6-13)21-4-2/h5-10,12,17,19H,3-4,11H2,1-2H3. The third-order valence-electron chi connectivity index (χ3n) is 3.17. The number of hydrogen-bond acceptors (Lipinski definition) is 3. The van der Waals surface area contributed by atoms with E-state index in [2.05, 4.69) is 29.4 Å². The highest BCUT2D eigenvalue weighted by Gasteiger charge is 2.14. The number of nitrogens with zero attached hydrogens (tertiary/aromatic N) is 1. The van der Waals surface area contributed by atoms with Crippen LogP contribution in [0.15, 0.2) is 42.6 Å². The average Bonchev–Trinajstić information content (AvgIpc) is 2.51. The molecule has 21 heavy (non-hydrogen) atoms. The molecular formula is C17H21ClN2O. The Morgan fingerprint density at radius 1 is 1.14 bits per heavy atom. The summed E-state index contributed by atoms with van der Waals surface area (Å²) in [6.07, 6.45) is 2.76. The van der Waals surface area contributed by atoms with Crippen molar-refractivity contribution in [3.05, 3.63) is 58.9 Å². The van der Waals surface area contributed by atoms with E-state index in [0.717, 1.165) is 24.4 Å². The van der Waals surface area contributed by atoms with E-state index in [-0.39, 0.29) is 6.04 Å². The van der Waals surface area contributed by atoms with Gasteiger partial charge in [0.2, 0.25) is 0 Å². The first-order valence-corrected chi connectivity index (χ1v) is 7.70. The van der Waals surface area contributed by atoms with E-state index in [1.165, 1.54) is 5.56 Å². The maximum Gasteiger partial charge on any atom is 0.119 e. The monoisotopic (exact) mass is 304 g/mol. The molecule has 0 amide bonds. The number of nitrogens with one attached hydrogen (secondary N) is 1. The first kappa shape index (κ1) is 15.8. The predicted molar refractivity (Wildman–Crippen MR) is 87.0 cm³/mol. The number of hydrogen-bond donors (Lipinski definition) is 1. The molecule has 0 saturated heterocycles. The SMILES string of the molecule is CCCNC(c1ccc(OCC)cc1)c1ccc(Cl)cn1. The molecule has 1 heterocycles. The fourth-order valence-electron chi connectivity index (χ4n) is 2.16. The molecule has 2 rings (SSSR count). The van der Waals surface area contributed by atoms with Crippen LogP contribution in [0.5, 0.6) is 5.75 Å². The number of ether oxygens (including phenoxy) is 1. The summed E-state index contributed by atoms with van der Waals surface area (Å²) >= 11 is 5.92. The van der Waals surface area contributed by atoms with Crippen molar-refractivity contribution in [2.75, 3.05) is 13.2 Å². The molecule has 112 valence electrons. The van der Waals surface area contributed by atoms with Gasteiger partial charge in [-0.2, -0.15) is 0 Å². The fraction of sp³-hybridized carbons (Fsp3) is 0.353. The Labute approximate surface area is 131 Å². The van der Waals surface area contributed by atoms with Crippen molar-refractivity contribution in [1.82, 2.24) is 10.3 Å². The van der Waals surface area contributed by atoms with E-state index in [9.17, 15) is 0 Å². The fourth-order valence-corrected chi connectivity index (χ4v) is 2.27. The maximum absolute atomic E-state index is 5.92. The van der Waals surface area contributed by atoms with Gasteiger partial charge in [-0.1, -0.05) is 30.7 Å².